The average molecular weight is 349 g/mol. The first-order valence-corrected chi connectivity index (χ1v) is 7.39. The summed E-state index contributed by atoms with van der Waals surface area (Å²) in [5.74, 6) is -0.390. The maximum absolute atomic E-state index is 13.5. The Labute approximate surface area is 123 Å². The molecule has 18 heavy (non-hydrogen) atoms. The van der Waals surface area contributed by atoms with Crippen molar-refractivity contribution in [3.63, 3.8) is 0 Å². The van der Waals surface area contributed by atoms with Crippen LogP contribution in [0.25, 0.3) is 0 Å². The van der Waals surface area contributed by atoms with Crippen LogP contribution in [-0.4, -0.2) is 7.05 Å². The number of aryl methyl sites for hydroxylation is 1. The van der Waals surface area contributed by atoms with Crippen molar-refractivity contribution in [1.29, 1.82) is 0 Å². The van der Waals surface area contributed by atoms with Crippen molar-refractivity contribution in [2.24, 2.45) is 0 Å². The molecule has 0 saturated carbocycles. The van der Waals surface area contributed by atoms with Gasteiger partial charge in [-0.05, 0) is 53.7 Å². The Balaban J connectivity index is 2.45. The molecule has 2 aromatic rings. The van der Waals surface area contributed by atoms with Crippen LogP contribution in [0.2, 0.25) is 5.02 Å². The maximum Gasteiger partial charge on any atom is 0.142 e. The van der Waals surface area contributed by atoms with Crippen LogP contribution in [0.4, 0.5) is 4.39 Å². The summed E-state index contributed by atoms with van der Waals surface area (Å²) in [5, 5.41) is 3.35. The molecule has 0 spiro atoms. The minimum absolute atomic E-state index is 0.0372. The number of hydrogen-bond acceptors (Lipinski definition) is 2. The summed E-state index contributed by atoms with van der Waals surface area (Å²) < 4.78 is 14.6. The van der Waals surface area contributed by atoms with Crippen molar-refractivity contribution in [1.82, 2.24) is 5.32 Å². The van der Waals surface area contributed by atoms with E-state index in [2.05, 4.69) is 27.3 Å². The second-order valence-corrected chi connectivity index (χ2v) is 6.51. The van der Waals surface area contributed by atoms with Crippen LogP contribution in [0.15, 0.2) is 28.7 Å². The highest BCUT2D eigenvalue weighted by Crippen LogP contribution is 2.36. The monoisotopic (exact) mass is 347 g/mol. The summed E-state index contributed by atoms with van der Waals surface area (Å²) in [6, 6.07) is 6.94. The van der Waals surface area contributed by atoms with E-state index in [-0.39, 0.29) is 16.9 Å². The summed E-state index contributed by atoms with van der Waals surface area (Å²) in [4.78, 5) is 2.35. The molecule has 5 heteroatoms. The van der Waals surface area contributed by atoms with Crippen molar-refractivity contribution in [2.45, 2.75) is 13.0 Å². The molecular weight excluding hydrogens is 337 g/mol. The minimum atomic E-state index is -0.390. The van der Waals surface area contributed by atoms with Gasteiger partial charge in [-0.2, -0.15) is 0 Å². The van der Waals surface area contributed by atoms with Crippen LogP contribution in [0.5, 0.6) is 0 Å². The van der Waals surface area contributed by atoms with Gasteiger partial charge in [-0.1, -0.05) is 17.7 Å². The predicted octanol–water partition coefficient (Wildman–Crippen LogP) is 4.92. The van der Waals surface area contributed by atoms with E-state index in [1.165, 1.54) is 10.9 Å². The summed E-state index contributed by atoms with van der Waals surface area (Å²) in [6.45, 7) is 2.05. The van der Waals surface area contributed by atoms with Gasteiger partial charge in [-0.15, -0.1) is 11.3 Å². The van der Waals surface area contributed by atoms with Crippen LogP contribution in [-0.2, 0) is 0 Å². The normalized spacial score (nSPS) is 12.7. The fraction of sp³-hybridized carbons (Fsp3) is 0.231. The molecule has 0 bridgehead atoms. The first-order valence-electron chi connectivity index (χ1n) is 5.41. The number of thiophene rings is 1. The van der Waals surface area contributed by atoms with Gasteiger partial charge in [0, 0.05) is 14.2 Å². The Bertz CT molecular complexity index is 570. The fourth-order valence-electron chi connectivity index (χ4n) is 1.84. The second kappa shape index (κ2) is 5.70. The molecule has 1 aromatic carbocycles. The Morgan fingerprint density at radius 2 is 2.11 bits per heavy atom. The lowest BCUT2D eigenvalue weighted by atomic mass is 10.1. The van der Waals surface area contributed by atoms with Gasteiger partial charge in [0.15, 0.2) is 0 Å². The average Bonchev–Trinajstić information content (AvgIpc) is 2.64. The second-order valence-electron chi connectivity index (χ2n) is 3.96. The fourth-order valence-corrected chi connectivity index (χ4v) is 3.98. The third-order valence-corrected chi connectivity index (χ3v) is 5.00. The Morgan fingerprint density at radius 1 is 1.39 bits per heavy atom. The molecule has 1 atom stereocenters. The third kappa shape index (κ3) is 2.77. The van der Waals surface area contributed by atoms with Crippen LogP contribution in [0.1, 0.15) is 21.4 Å². The lowest BCUT2D eigenvalue weighted by Crippen LogP contribution is -2.17. The van der Waals surface area contributed by atoms with Gasteiger partial charge in [0.2, 0.25) is 0 Å². The first kappa shape index (κ1) is 14.0. The quantitative estimate of drug-likeness (QED) is 0.830. The zero-order valence-electron chi connectivity index (χ0n) is 9.93. The van der Waals surface area contributed by atoms with E-state index in [9.17, 15) is 4.39 Å². The summed E-state index contributed by atoms with van der Waals surface area (Å²) in [5.41, 5.74) is 0.863. The molecule has 1 N–H and O–H groups in total. The number of halogens is 3. The molecule has 96 valence electrons. The van der Waals surface area contributed by atoms with Gasteiger partial charge >= 0.3 is 0 Å². The molecule has 1 aromatic heterocycles. The predicted molar refractivity (Wildman–Crippen MR) is 79.1 cm³/mol. The van der Waals surface area contributed by atoms with E-state index >= 15 is 0 Å². The number of nitrogens with one attached hydrogen (secondary N) is 1. The summed E-state index contributed by atoms with van der Waals surface area (Å²) in [7, 11) is 1.86. The van der Waals surface area contributed by atoms with Crippen molar-refractivity contribution in [3.05, 3.63) is 54.9 Å². The van der Waals surface area contributed by atoms with Gasteiger partial charge in [0.1, 0.15) is 5.82 Å². The highest BCUT2D eigenvalue weighted by Gasteiger charge is 2.18. The lowest BCUT2D eigenvalue weighted by Gasteiger charge is -2.16. The third-order valence-electron chi connectivity index (χ3n) is 2.66. The molecule has 0 radical (unpaired) electrons. The van der Waals surface area contributed by atoms with Crippen LogP contribution in [0, 0.1) is 12.7 Å². The van der Waals surface area contributed by atoms with Gasteiger partial charge in [0.25, 0.3) is 0 Å². The van der Waals surface area contributed by atoms with Crippen LogP contribution < -0.4 is 5.32 Å². The minimum Gasteiger partial charge on any atom is -0.309 e. The van der Waals surface area contributed by atoms with Gasteiger partial charge in [0.05, 0.1) is 11.1 Å². The number of hydrogen-bond donors (Lipinski definition) is 1. The van der Waals surface area contributed by atoms with E-state index in [0.717, 1.165) is 14.9 Å². The molecule has 0 aliphatic rings. The number of rotatable bonds is 3. The highest BCUT2D eigenvalue weighted by atomic mass is 79.9. The van der Waals surface area contributed by atoms with Crippen molar-refractivity contribution < 1.29 is 4.39 Å². The molecule has 0 amide bonds. The number of benzene rings is 1. The Morgan fingerprint density at radius 3 is 2.61 bits per heavy atom. The standard InChI is InChI=1S/C13H12BrClFNS/c1-7-5-9(14)13(18-7)12(17-2)8-3-4-10(15)11(16)6-8/h3-6,12,17H,1-2H3. The maximum atomic E-state index is 13.5. The summed E-state index contributed by atoms with van der Waals surface area (Å²) in [6.07, 6.45) is 0. The zero-order valence-corrected chi connectivity index (χ0v) is 13.1. The van der Waals surface area contributed by atoms with Gasteiger partial charge < -0.3 is 5.32 Å². The molecule has 0 aliphatic heterocycles. The molecule has 0 saturated heterocycles. The van der Waals surface area contributed by atoms with E-state index in [4.69, 9.17) is 11.6 Å². The molecule has 1 heterocycles. The smallest absolute Gasteiger partial charge is 0.142 e. The lowest BCUT2D eigenvalue weighted by molar-refractivity contribution is 0.618. The van der Waals surface area contributed by atoms with Crippen LogP contribution >= 0.6 is 38.9 Å². The van der Waals surface area contributed by atoms with Crippen molar-refractivity contribution in [3.8, 4) is 0 Å². The topological polar surface area (TPSA) is 12.0 Å². The molecule has 0 aliphatic carbocycles. The molecule has 2 rings (SSSR count). The van der Waals surface area contributed by atoms with Gasteiger partial charge in [-0.3, -0.25) is 0 Å². The van der Waals surface area contributed by atoms with E-state index in [1.807, 2.05) is 20.0 Å². The molecule has 1 nitrogen and oxygen atoms in total. The van der Waals surface area contributed by atoms with Crippen LogP contribution in [0.3, 0.4) is 0 Å². The van der Waals surface area contributed by atoms with E-state index in [1.54, 1.807) is 17.4 Å². The Hall–Kier alpha value is -0.420. The molecule has 0 fully saturated rings. The van der Waals surface area contributed by atoms with Crippen molar-refractivity contribution in [2.75, 3.05) is 7.05 Å². The van der Waals surface area contributed by atoms with Crippen molar-refractivity contribution >= 4 is 38.9 Å². The zero-order chi connectivity index (χ0) is 13.3. The highest BCUT2D eigenvalue weighted by molar-refractivity contribution is 9.10. The van der Waals surface area contributed by atoms with E-state index < -0.39 is 0 Å². The first-order chi connectivity index (χ1) is 8.52. The molecular formula is C13H12BrClFNS. The summed E-state index contributed by atoms with van der Waals surface area (Å²) >= 11 is 10.9. The largest absolute Gasteiger partial charge is 0.309 e. The molecule has 1 unspecified atom stereocenters. The SMILES string of the molecule is CNC(c1ccc(Cl)c(F)c1)c1sc(C)cc1Br. The Kier molecular flexibility index (Phi) is 4.43. The van der Waals surface area contributed by atoms with E-state index in [0.29, 0.717) is 0 Å². The van der Waals surface area contributed by atoms with Gasteiger partial charge in [-0.25, -0.2) is 4.39 Å².